The second kappa shape index (κ2) is 12.3. The van der Waals surface area contributed by atoms with E-state index in [-0.39, 0.29) is 5.54 Å². The molecule has 3 rings (SSSR count). The van der Waals surface area contributed by atoms with Crippen LogP contribution in [-0.2, 0) is 0 Å². The molecule has 0 unspecified atom stereocenters. The predicted molar refractivity (Wildman–Crippen MR) is 128 cm³/mol. The first-order valence-electron chi connectivity index (χ1n) is 12.8. The van der Waals surface area contributed by atoms with Crippen molar-refractivity contribution in [2.45, 2.75) is 70.8 Å². The number of nitrogens with zero attached hydrogens (tertiary/aromatic N) is 4. The van der Waals surface area contributed by atoms with Gasteiger partial charge in [0.25, 0.3) is 0 Å². The standard InChI is InChI=1S/C24H48N6/c1-4-25-23(26-13-8-14-29-17-9-22(2)10-18-29)27-21-24(11-19-28(3)20-12-24)30-15-6-5-7-16-30/h22H,4-21H2,1-3H3,(H2,25,26,27). The third-order valence-corrected chi connectivity index (χ3v) is 7.64. The topological polar surface area (TPSA) is 46.1 Å². The number of aliphatic imine (C=N–C) groups is 1. The maximum absolute atomic E-state index is 5.12. The first-order chi connectivity index (χ1) is 14.6. The highest BCUT2D eigenvalue weighted by molar-refractivity contribution is 5.79. The maximum atomic E-state index is 5.12. The molecule has 3 fully saturated rings. The molecule has 0 atom stereocenters. The summed E-state index contributed by atoms with van der Waals surface area (Å²) >= 11 is 0. The molecule has 3 aliphatic heterocycles. The zero-order valence-electron chi connectivity index (χ0n) is 20.1. The van der Waals surface area contributed by atoms with E-state index in [4.69, 9.17) is 4.99 Å². The molecule has 0 aromatic carbocycles. The maximum Gasteiger partial charge on any atom is 0.191 e. The Kier molecular flexibility index (Phi) is 9.72. The van der Waals surface area contributed by atoms with E-state index in [1.807, 2.05) is 0 Å². The van der Waals surface area contributed by atoms with Gasteiger partial charge >= 0.3 is 0 Å². The Morgan fingerprint density at radius 2 is 1.67 bits per heavy atom. The third kappa shape index (κ3) is 7.10. The summed E-state index contributed by atoms with van der Waals surface area (Å²) in [5, 5.41) is 7.11. The first kappa shape index (κ1) is 23.8. The summed E-state index contributed by atoms with van der Waals surface area (Å²) in [7, 11) is 2.26. The average molecular weight is 421 g/mol. The fourth-order valence-corrected chi connectivity index (χ4v) is 5.34. The van der Waals surface area contributed by atoms with E-state index in [9.17, 15) is 0 Å². The van der Waals surface area contributed by atoms with Crippen molar-refractivity contribution in [3.63, 3.8) is 0 Å². The van der Waals surface area contributed by atoms with E-state index in [1.165, 1.54) is 97.2 Å². The van der Waals surface area contributed by atoms with Gasteiger partial charge in [-0.2, -0.15) is 0 Å². The highest BCUT2D eigenvalue weighted by Gasteiger charge is 2.39. The van der Waals surface area contributed by atoms with E-state index >= 15 is 0 Å². The number of likely N-dealkylation sites (tertiary alicyclic amines) is 3. The van der Waals surface area contributed by atoms with Crippen molar-refractivity contribution in [3.8, 4) is 0 Å². The van der Waals surface area contributed by atoms with Gasteiger partial charge in [-0.1, -0.05) is 13.3 Å². The van der Waals surface area contributed by atoms with Gasteiger partial charge in [-0.05, 0) is 111 Å². The largest absolute Gasteiger partial charge is 0.357 e. The fraction of sp³-hybridized carbons (Fsp3) is 0.958. The smallest absolute Gasteiger partial charge is 0.191 e. The molecule has 0 amide bonds. The summed E-state index contributed by atoms with van der Waals surface area (Å²) in [6, 6.07) is 0. The molecule has 0 aromatic rings. The van der Waals surface area contributed by atoms with Gasteiger partial charge in [-0.25, -0.2) is 0 Å². The molecule has 3 aliphatic rings. The Labute approximate surface area is 185 Å². The number of hydrogen-bond donors (Lipinski definition) is 2. The Balaban J connectivity index is 1.50. The summed E-state index contributed by atoms with van der Waals surface area (Å²) in [5.41, 5.74) is 0.264. The van der Waals surface area contributed by atoms with Gasteiger partial charge in [0.2, 0.25) is 0 Å². The second-order valence-electron chi connectivity index (χ2n) is 10.1. The Morgan fingerprint density at radius 1 is 0.967 bits per heavy atom. The lowest BCUT2D eigenvalue weighted by molar-refractivity contribution is 0.0208. The van der Waals surface area contributed by atoms with Gasteiger partial charge in [0.1, 0.15) is 0 Å². The highest BCUT2D eigenvalue weighted by atomic mass is 15.3. The lowest BCUT2D eigenvalue weighted by atomic mass is 9.84. The lowest BCUT2D eigenvalue weighted by Crippen LogP contribution is -2.58. The minimum absolute atomic E-state index is 0.264. The molecule has 0 bridgehead atoms. The molecule has 0 saturated carbocycles. The van der Waals surface area contributed by atoms with Crippen LogP contribution in [0.25, 0.3) is 0 Å². The monoisotopic (exact) mass is 420 g/mol. The highest BCUT2D eigenvalue weighted by Crippen LogP contribution is 2.31. The molecule has 0 aromatic heterocycles. The second-order valence-corrected chi connectivity index (χ2v) is 10.1. The van der Waals surface area contributed by atoms with Crippen molar-refractivity contribution >= 4 is 5.96 Å². The summed E-state index contributed by atoms with van der Waals surface area (Å²) in [6.45, 7) is 16.1. The van der Waals surface area contributed by atoms with Crippen LogP contribution in [0.3, 0.4) is 0 Å². The van der Waals surface area contributed by atoms with Crippen LogP contribution in [0.5, 0.6) is 0 Å². The van der Waals surface area contributed by atoms with Crippen molar-refractivity contribution in [2.75, 3.05) is 72.5 Å². The van der Waals surface area contributed by atoms with Gasteiger partial charge in [0.05, 0.1) is 6.54 Å². The van der Waals surface area contributed by atoms with Crippen LogP contribution >= 0.6 is 0 Å². The Bertz CT molecular complexity index is 500. The van der Waals surface area contributed by atoms with Crippen molar-refractivity contribution in [1.82, 2.24) is 25.3 Å². The molecule has 0 radical (unpaired) electrons. The van der Waals surface area contributed by atoms with Crippen LogP contribution < -0.4 is 10.6 Å². The van der Waals surface area contributed by atoms with Crippen LogP contribution in [0, 0.1) is 5.92 Å². The third-order valence-electron chi connectivity index (χ3n) is 7.64. The molecule has 6 heteroatoms. The summed E-state index contributed by atoms with van der Waals surface area (Å²) < 4.78 is 0. The molecular weight excluding hydrogens is 372 g/mol. The molecule has 6 nitrogen and oxygen atoms in total. The minimum atomic E-state index is 0.264. The van der Waals surface area contributed by atoms with Gasteiger partial charge in [-0.3, -0.25) is 9.89 Å². The zero-order chi connectivity index (χ0) is 21.2. The fourth-order valence-electron chi connectivity index (χ4n) is 5.34. The molecule has 0 aliphatic carbocycles. The quantitative estimate of drug-likeness (QED) is 0.359. The normalized spacial score (nSPS) is 25.4. The number of piperidine rings is 3. The number of nitrogens with one attached hydrogen (secondary N) is 2. The van der Waals surface area contributed by atoms with Crippen LogP contribution in [0.15, 0.2) is 4.99 Å². The average Bonchev–Trinajstić information content (AvgIpc) is 2.78. The zero-order valence-corrected chi connectivity index (χ0v) is 20.1. The lowest BCUT2D eigenvalue weighted by Gasteiger charge is -2.49. The molecule has 2 N–H and O–H groups in total. The van der Waals surface area contributed by atoms with Crippen molar-refractivity contribution < 1.29 is 0 Å². The first-order valence-corrected chi connectivity index (χ1v) is 12.8. The van der Waals surface area contributed by atoms with E-state index < -0.39 is 0 Å². The Hall–Kier alpha value is -0.850. The molecule has 0 spiro atoms. The minimum Gasteiger partial charge on any atom is -0.357 e. The number of hydrogen-bond acceptors (Lipinski definition) is 4. The summed E-state index contributed by atoms with van der Waals surface area (Å²) in [6.07, 6.45) is 10.5. The molecular formula is C24H48N6. The van der Waals surface area contributed by atoms with E-state index in [1.54, 1.807) is 0 Å². The van der Waals surface area contributed by atoms with Crippen LogP contribution in [0.1, 0.15) is 65.2 Å². The SMILES string of the molecule is CCNC(=NCC1(N2CCCCC2)CCN(C)CC1)NCCCN1CCC(C)CC1. The molecule has 30 heavy (non-hydrogen) atoms. The molecule has 3 heterocycles. The Morgan fingerprint density at radius 3 is 2.33 bits per heavy atom. The van der Waals surface area contributed by atoms with E-state index in [2.05, 4.69) is 46.2 Å². The van der Waals surface area contributed by atoms with Crippen molar-refractivity contribution in [2.24, 2.45) is 10.9 Å². The summed E-state index contributed by atoms with van der Waals surface area (Å²) in [5.74, 6) is 1.93. The number of guanidine groups is 1. The van der Waals surface area contributed by atoms with Crippen LogP contribution in [0.4, 0.5) is 0 Å². The van der Waals surface area contributed by atoms with E-state index in [0.717, 1.165) is 31.5 Å². The van der Waals surface area contributed by atoms with Gasteiger partial charge in [-0.15, -0.1) is 0 Å². The van der Waals surface area contributed by atoms with Crippen molar-refractivity contribution in [1.29, 1.82) is 0 Å². The van der Waals surface area contributed by atoms with Crippen LogP contribution in [-0.4, -0.2) is 98.7 Å². The van der Waals surface area contributed by atoms with Gasteiger partial charge < -0.3 is 20.4 Å². The molecule has 3 saturated heterocycles. The number of rotatable bonds is 8. The van der Waals surface area contributed by atoms with Crippen molar-refractivity contribution in [3.05, 3.63) is 0 Å². The van der Waals surface area contributed by atoms with E-state index in [0.29, 0.717) is 0 Å². The van der Waals surface area contributed by atoms with Gasteiger partial charge in [0, 0.05) is 18.6 Å². The van der Waals surface area contributed by atoms with Crippen LogP contribution in [0.2, 0.25) is 0 Å². The van der Waals surface area contributed by atoms with Gasteiger partial charge in [0.15, 0.2) is 5.96 Å². The summed E-state index contributed by atoms with van der Waals surface area (Å²) in [4.78, 5) is 13.0. The molecule has 174 valence electrons. The predicted octanol–water partition coefficient (Wildman–Crippen LogP) is 2.61.